The van der Waals surface area contributed by atoms with Gasteiger partial charge in [0, 0.05) is 0 Å². The van der Waals surface area contributed by atoms with Crippen LogP contribution < -0.4 is 0 Å². The second-order valence-electron chi connectivity index (χ2n) is 3.84. The molecule has 0 rings (SSSR count). The second kappa shape index (κ2) is 6.18. The fourth-order valence-corrected chi connectivity index (χ4v) is 0.716. The third-order valence-electron chi connectivity index (χ3n) is 1.30. The third-order valence-corrected chi connectivity index (χ3v) is 1.30. The molecule has 0 saturated heterocycles. The lowest BCUT2D eigenvalue weighted by Gasteiger charge is -2.18. The van der Waals surface area contributed by atoms with Crippen molar-refractivity contribution in [1.82, 2.24) is 0 Å². The van der Waals surface area contributed by atoms with Crippen LogP contribution in [-0.4, -0.2) is 25.0 Å². The Labute approximate surface area is 76.0 Å². The zero-order chi connectivity index (χ0) is 9.45. The van der Waals surface area contributed by atoms with Gasteiger partial charge in [0.2, 0.25) is 0 Å². The van der Waals surface area contributed by atoms with Crippen LogP contribution in [0.2, 0.25) is 0 Å². The van der Waals surface area contributed by atoms with Crippen LogP contribution in [0.3, 0.4) is 0 Å². The molecule has 0 fully saturated rings. The minimum atomic E-state index is -0.0275. The largest absolute Gasteiger partial charge is 0.374 e. The molecule has 0 aliphatic carbocycles. The van der Waals surface area contributed by atoms with E-state index in [9.17, 15) is 0 Å². The van der Waals surface area contributed by atoms with Gasteiger partial charge >= 0.3 is 0 Å². The number of rotatable bonds is 5. The van der Waals surface area contributed by atoms with Crippen LogP contribution in [-0.2, 0) is 4.74 Å². The lowest BCUT2D eigenvalue weighted by Crippen LogP contribution is -2.20. The van der Waals surface area contributed by atoms with Crippen molar-refractivity contribution in [3.05, 3.63) is 0 Å². The maximum Gasteiger partial charge on any atom is 0.0668 e. The van der Waals surface area contributed by atoms with Gasteiger partial charge in [0.15, 0.2) is 0 Å². The van der Waals surface area contributed by atoms with E-state index in [-0.39, 0.29) is 5.60 Å². The normalized spacial score (nSPS) is 12.7. The van der Waals surface area contributed by atoms with E-state index in [2.05, 4.69) is 32.7 Å². The molecule has 0 aromatic heterocycles. The third kappa shape index (κ3) is 9.63. The van der Waals surface area contributed by atoms with Gasteiger partial charge in [0.1, 0.15) is 0 Å². The molecular weight excluding hydrogens is 150 g/mol. The van der Waals surface area contributed by atoms with Gasteiger partial charge in [-0.2, -0.15) is 0 Å². The van der Waals surface area contributed by atoms with E-state index in [1.54, 1.807) is 0 Å². The fraction of sp³-hybridized carbons (Fsp3) is 0.900. The maximum absolute atomic E-state index is 5.50. The van der Waals surface area contributed by atoms with Crippen LogP contribution in [0.1, 0.15) is 40.5 Å². The van der Waals surface area contributed by atoms with E-state index < -0.39 is 0 Å². The number of ether oxygens (including phenoxy) is 1. The first-order valence-electron chi connectivity index (χ1n) is 4.68. The standard InChI is InChI=1S/C10H21NO/c1-5-6-7-11-8-9-12-10(2,3)4/h7H,5-6,8-9H2,1-4H3/b11-7-. The monoisotopic (exact) mass is 171 g/mol. The fourth-order valence-electron chi connectivity index (χ4n) is 0.716. The van der Waals surface area contributed by atoms with Gasteiger partial charge in [-0.25, -0.2) is 0 Å². The first-order chi connectivity index (χ1) is 5.56. The molecule has 0 amide bonds. The number of unbranched alkanes of at least 4 members (excludes halogenated alkanes) is 1. The molecule has 0 unspecified atom stereocenters. The van der Waals surface area contributed by atoms with Gasteiger partial charge < -0.3 is 4.74 Å². The van der Waals surface area contributed by atoms with E-state index in [1.807, 2.05) is 6.21 Å². The molecule has 0 aliphatic rings. The molecule has 2 heteroatoms. The highest BCUT2D eigenvalue weighted by molar-refractivity contribution is 5.56. The molecule has 0 atom stereocenters. The van der Waals surface area contributed by atoms with Crippen LogP contribution in [0.5, 0.6) is 0 Å². The predicted molar refractivity (Wildman–Crippen MR) is 54.0 cm³/mol. The number of aliphatic imine (C=N–C) groups is 1. The predicted octanol–water partition coefficient (Wildman–Crippen LogP) is 2.67. The molecule has 0 heterocycles. The molecule has 2 nitrogen and oxygen atoms in total. The van der Waals surface area contributed by atoms with Crippen LogP contribution in [0.25, 0.3) is 0 Å². The van der Waals surface area contributed by atoms with E-state index >= 15 is 0 Å². The minimum absolute atomic E-state index is 0.0275. The lowest BCUT2D eigenvalue weighted by molar-refractivity contribution is 0.00216. The van der Waals surface area contributed by atoms with Crippen molar-refractivity contribution in [3.8, 4) is 0 Å². The molecule has 0 bridgehead atoms. The average molecular weight is 171 g/mol. The van der Waals surface area contributed by atoms with Gasteiger partial charge in [-0.15, -0.1) is 0 Å². The highest BCUT2D eigenvalue weighted by Gasteiger charge is 2.08. The molecule has 0 aromatic rings. The number of nitrogens with zero attached hydrogens (tertiary/aromatic N) is 1. The summed E-state index contributed by atoms with van der Waals surface area (Å²) < 4.78 is 5.50. The average Bonchev–Trinajstić information content (AvgIpc) is 1.94. The van der Waals surface area contributed by atoms with Gasteiger partial charge in [-0.3, -0.25) is 4.99 Å². The van der Waals surface area contributed by atoms with Gasteiger partial charge in [0.05, 0.1) is 18.8 Å². The van der Waals surface area contributed by atoms with Crippen LogP contribution >= 0.6 is 0 Å². The Morgan fingerprint density at radius 1 is 1.33 bits per heavy atom. The number of hydrogen-bond acceptors (Lipinski definition) is 2. The van der Waals surface area contributed by atoms with Crippen molar-refractivity contribution in [1.29, 1.82) is 0 Å². The zero-order valence-corrected chi connectivity index (χ0v) is 8.76. The van der Waals surface area contributed by atoms with Crippen molar-refractivity contribution in [2.24, 2.45) is 4.99 Å². The van der Waals surface area contributed by atoms with Crippen molar-refractivity contribution in [2.45, 2.75) is 46.1 Å². The highest BCUT2D eigenvalue weighted by atomic mass is 16.5. The molecule has 0 aliphatic heterocycles. The summed E-state index contributed by atoms with van der Waals surface area (Å²) in [7, 11) is 0. The Kier molecular flexibility index (Phi) is 5.99. The van der Waals surface area contributed by atoms with Crippen LogP contribution in [0, 0.1) is 0 Å². The Balaban J connectivity index is 3.21. The first-order valence-corrected chi connectivity index (χ1v) is 4.68. The second-order valence-corrected chi connectivity index (χ2v) is 3.84. The van der Waals surface area contributed by atoms with E-state index in [1.165, 1.54) is 6.42 Å². The van der Waals surface area contributed by atoms with E-state index in [0.29, 0.717) is 0 Å². The first kappa shape index (κ1) is 11.6. The summed E-state index contributed by atoms with van der Waals surface area (Å²) in [6.45, 7) is 9.84. The van der Waals surface area contributed by atoms with Gasteiger partial charge in [-0.05, 0) is 33.4 Å². The zero-order valence-electron chi connectivity index (χ0n) is 8.76. The van der Waals surface area contributed by atoms with E-state index in [4.69, 9.17) is 4.74 Å². The number of hydrogen-bond donors (Lipinski definition) is 0. The Morgan fingerprint density at radius 2 is 2.00 bits per heavy atom. The van der Waals surface area contributed by atoms with E-state index in [0.717, 1.165) is 19.6 Å². The summed E-state index contributed by atoms with van der Waals surface area (Å²) in [5.74, 6) is 0. The van der Waals surface area contributed by atoms with Gasteiger partial charge in [-0.1, -0.05) is 13.3 Å². The molecule has 0 radical (unpaired) electrons. The van der Waals surface area contributed by atoms with Crippen molar-refractivity contribution in [2.75, 3.05) is 13.2 Å². The summed E-state index contributed by atoms with van der Waals surface area (Å²) in [5.41, 5.74) is -0.0275. The molecular formula is C10H21NO. The molecule has 12 heavy (non-hydrogen) atoms. The highest BCUT2D eigenvalue weighted by Crippen LogP contribution is 2.05. The lowest BCUT2D eigenvalue weighted by atomic mass is 10.2. The van der Waals surface area contributed by atoms with Crippen molar-refractivity contribution < 1.29 is 4.74 Å². The molecule has 0 saturated carbocycles. The van der Waals surface area contributed by atoms with Crippen LogP contribution in [0.15, 0.2) is 4.99 Å². The van der Waals surface area contributed by atoms with Gasteiger partial charge in [0.25, 0.3) is 0 Å². The summed E-state index contributed by atoms with van der Waals surface area (Å²) in [6.07, 6.45) is 4.23. The molecule has 0 spiro atoms. The Bertz CT molecular complexity index is 124. The Morgan fingerprint density at radius 3 is 2.50 bits per heavy atom. The Hall–Kier alpha value is -0.370. The summed E-state index contributed by atoms with van der Waals surface area (Å²) in [5, 5.41) is 0. The van der Waals surface area contributed by atoms with Crippen molar-refractivity contribution in [3.63, 3.8) is 0 Å². The molecule has 72 valence electrons. The van der Waals surface area contributed by atoms with Crippen LogP contribution in [0.4, 0.5) is 0 Å². The summed E-state index contributed by atoms with van der Waals surface area (Å²) in [6, 6.07) is 0. The summed E-state index contributed by atoms with van der Waals surface area (Å²) >= 11 is 0. The smallest absolute Gasteiger partial charge is 0.0668 e. The topological polar surface area (TPSA) is 21.6 Å². The summed E-state index contributed by atoms with van der Waals surface area (Å²) in [4.78, 5) is 4.21. The molecule has 0 aromatic carbocycles. The maximum atomic E-state index is 5.50. The minimum Gasteiger partial charge on any atom is -0.374 e. The quantitative estimate of drug-likeness (QED) is 0.460. The SMILES string of the molecule is CCC/C=N\CCOC(C)(C)C. The van der Waals surface area contributed by atoms with Crippen molar-refractivity contribution >= 4 is 6.21 Å². The molecule has 0 N–H and O–H groups in total.